The molecule has 11 heteroatoms. The van der Waals surface area contributed by atoms with E-state index in [1.165, 1.54) is 5.01 Å². The van der Waals surface area contributed by atoms with Gasteiger partial charge < -0.3 is 20.1 Å². The normalized spacial score (nSPS) is 27.2. The molecule has 0 unspecified atom stereocenters. The molecule has 4 heterocycles. The summed E-state index contributed by atoms with van der Waals surface area (Å²) < 4.78 is 11.4. The van der Waals surface area contributed by atoms with E-state index in [2.05, 4.69) is 21.0 Å². The van der Waals surface area contributed by atoms with Crippen molar-refractivity contribution in [1.82, 2.24) is 26.1 Å². The number of carbonyl (C=O) groups excluding carboxylic acids is 4. The maximum atomic E-state index is 13.9. The van der Waals surface area contributed by atoms with Crippen molar-refractivity contribution in [3.05, 3.63) is 47.8 Å². The first-order valence-electron chi connectivity index (χ1n) is 15.1. The first kappa shape index (κ1) is 30.6. The Labute approximate surface area is 251 Å². The lowest BCUT2D eigenvalue weighted by molar-refractivity contribution is -0.157. The molecule has 2 fully saturated rings. The Kier molecular flexibility index (Phi) is 9.12. The number of hydrogen-bond donors (Lipinski definition) is 3. The first-order chi connectivity index (χ1) is 20.6. The van der Waals surface area contributed by atoms with Crippen LogP contribution in [0.1, 0.15) is 70.7 Å². The van der Waals surface area contributed by atoms with Gasteiger partial charge in [-0.2, -0.15) is 0 Å². The number of hydrazine groups is 1. The topological polar surface area (TPSA) is 139 Å². The minimum Gasteiger partial charge on any atom is -0.457 e. The summed E-state index contributed by atoms with van der Waals surface area (Å²) in [5, 5.41) is 8.99. The van der Waals surface area contributed by atoms with Crippen molar-refractivity contribution in [2.75, 3.05) is 19.8 Å². The predicted octanol–water partition coefficient (Wildman–Crippen LogP) is 2.80. The van der Waals surface area contributed by atoms with Crippen LogP contribution >= 0.6 is 0 Å². The maximum Gasteiger partial charge on any atom is 0.325 e. The summed E-state index contributed by atoms with van der Waals surface area (Å²) in [6, 6.07) is 5.32. The first-order valence-corrected chi connectivity index (χ1v) is 15.1. The number of ether oxygens (including phenoxy) is 2. The minimum absolute atomic E-state index is 0.237. The van der Waals surface area contributed by atoms with Crippen molar-refractivity contribution < 1.29 is 28.7 Å². The van der Waals surface area contributed by atoms with Crippen LogP contribution in [-0.4, -0.2) is 71.6 Å². The fourth-order valence-corrected chi connectivity index (χ4v) is 5.83. The van der Waals surface area contributed by atoms with E-state index in [9.17, 15) is 19.2 Å². The number of rotatable bonds is 1. The summed E-state index contributed by atoms with van der Waals surface area (Å²) in [5.74, 6) is -1.78. The van der Waals surface area contributed by atoms with E-state index in [1.54, 1.807) is 13.1 Å². The van der Waals surface area contributed by atoms with Gasteiger partial charge in [-0.15, -0.1) is 0 Å². The summed E-state index contributed by atoms with van der Waals surface area (Å²) in [7, 11) is 0. The number of nitrogens with zero attached hydrogens (tertiary/aromatic N) is 2. The number of benzene rings is 1. The van der Waals surface area contributed by atoms with Crippen LogP contribution in [0.3, 0.4) is 0 Å². The molecule has 0 aliphatic carbocycles. The van der Waals surface area contributed by atoms with E-state index >= 15 is 0 Å². The zero-order chi connectivity index (χ0) is 30.7. The standard InChI is InChI=1S/C32H41N5O6/c1-19(2)27-28(38)34-20(3)29(39)37-13-5-6-26(36-37)30(40)43-21(4)22-7-8-23-18-33-25(17-24(23)16-22)9-10-32(31(41)35-27)11-14-42-15-12-32/h7-10,16-21,26-27,36H,5-6,11-15H2,1-4H3,(H,34,38)(H,35,41)/t20-,21+,26-,27-/m0/s1. The van der Waals surface area contributed by atoms with Gasteiger partial charge in [0.2, 0.25) is 11.8 Å². The van der Waals surface area contributed by atoms with Crippen LogP contribution in [0.25, 0.3) is 16.8 Å². The highest BCUT2D eigenvalue weighted by atomic mass is 16.5. The van der Waals surface area contributed by atoms with Gasteiger partial charge in [0, 0.05) is 31.3 Å². The Morgan fingerprint density at radius 3 is 2.53 bits per heavy atom. The lowest BCUT2D eigenvalue weighted by Crippen LogP contribution is -2.61. The molecule has 5 rings (SSSR count). The summed E-state index contributed by atoms with van der Waals surface area (Å²) in [4.78, 5) is 58.4. The molecule has 3 aliphatic heterocycles. The second-order valence-electron chi connectivity index (χ2n) is 12.1. The van der Waals surface area contributed by atoms with Gasteiger partial charge >= 0.3 is 5.97 Å². The van der Waals surface area contributed by atoms with E-state index in [0.29, 0.717) is 51.1 Å². The number of cyclic esters (lactones) is 1. The highest BCUT2D eigenvalue weighted by Crippen LogP contribution is 2.34. The third kappa shape index (κ3) is 6.73. The van der Waals surface area contributed by atoms with Crippen molar-refractivity contribution in [3.8, 4) is 0 Å². The molecule has 3 amide bonds. The van der Waals surface area contributed by atoms with E-state index in [4.69, 9.17) is 9.47 Å². The van der Waals surface area contributed by atoms with Crippen LogP contribution in [0.5, 0.6) is 0 Å². The Bertz CT molecular complexity index is 1420. The van der Waals surface area contributed by atoms with Crippen LogP contribution in [0, 0.1) is 11.3 Å². The molecular weight excluding hydrogens is 550 g/mol. The smallest absolute Gasteiger partial charge is 0.325 e. The lowest BCUT2D eigenvalue weighted by atomic mass is 9.78. The second-order valence-corrected chi connectivity index (χ2v) is 12.1. The molecule has 3 aliphatic rings. The van der Waals surface area contributed by atoms with Crippen molar-refractivity contribution in [1.29, 1.82) is 0 Å². The highest BCUT2D eigenvalue weighted by molar-refractivity contribution is 5.94. The van der Waals surface area contributed by atoms with Crippen LogP contribution in [-0.2, 0) is 28.7 Å². The molecule has 1 aromatic heterocycles. The monoisotopic (exact) mass is 591 g/mol. The number of fused-ring (bicyclic) bond motifs is 4. The van der Waals surface area contributed by atoms with Gasteiger partial charge in [-0.25, -0.2) is 5.43 Å². The fraction of sp³-hybridized carbons (Fsp3) is 0.531. The van der Waals surface area contributed by atoms with Crippen molar-refractivity contribution in [2.45, 2.75) is 77.6 Å². The molecule has 11 nitrogen and oxygen atoms in total. The van der Waals surface area contributed by atoms with Gasteiger partial charge in [-0.1, -0.05) is 32.1 Å². The number of esters is 1. The van der Waals surface area contributed by atoms with E-state index in [1.807, 2.05) is 57.2 Å². The summed E-state index contributed by atoms with van der Waals surface area (Å²) in [5.41, 5.74) is 3.62. The zero-order valence-corrected chi connectivity index (χ0v) is 25.2. The Morgan fingerprint density at radius 1 is 1.02 bits per heavy atom. The Hall–Kier alpha value is -3.83. The Morgan fingerprint density at radius 2 is 1.79 bits per heavy atom. The molecule has 0 saturated carbocycles. The molecule has 4 atom stereocenters. The summed E-state index contributed by atoms with van der Waals surface area (Å²) in [6.45, 7) is 8.33. The van der Waals surface area contributed by atoms with Crippen molar-refractivity contribution in [2.24, 2.45) is 11.3 Å². The van der Waals surface area contributed by atoms with Gasteiger partial charge in [-0.3, -0.25) is 29.2 Å². The molecular formula is C32H41N5O6. The van der Waals surface area contributed by atoms with Gasteiger partial charge in [0.15, 0.2) is 0 Å². The molecule has 2 aromatic rings. The SMILES string of the molecule is CC(C)[C@@H]1NC(=O)C2(C=Cc3cc4cc(ccc4cn3)[C@@H](C)OC(=O)[C@@H]3CCCN(N3)C(=O)[C@H](C)NC1=O)CCOCC2. The van der Waals surface area contributed by atoms with Gasteiger partial charge in [0.05, 0.1) is 11.1 Å². The number of carbonyl (C=O) groups is 4. The number of pyridine rings is 1. The highest BCUT2D eigenvalue weighted by Gasteiger charge is 2.41. The number of aromatic nitrogens is 1. The number of hydrogen-bond acceptors (Lipinski definition) is 8. The zero-order valence-electron chi connectivity index (χ0n) is 25.2. The number of nitrogens with one attached hydrogen (secondary N) is 3. The largest absolute Gasteiger partial charge is 0.457 e. The van der Waals surface area contributed by atoms with E-state index in [0.717, 1.165) is 16.3 Å². The average molecular weight is 592 g/mol. The van der Waals surface area contributed by atoms with Gasteiger partial charge in [0.25, 0.3) is 5.91 Å². The van der Waals surface area contributed by atoms with Crippen molar-refractivity contribution >= 4 is 40.5 Å². The van der Waals surface area contributed by atoms with Crippen molar-refractivity contribution in [3.63, 3.8) is 0 Å². The second kappa shape index (κ2) is 12.8. The van der Waals surface area contributed by atoms with Crippen LogP contribution < -0.4 is 16.1 Å². The molecule has 230 valence electrons. The summed E-state index contributed by atoms with van der Waals surface area (Å²) in [6.07, 6.45) is 7.00. The third-order valence-electron chi connectivity index (χ3n) is 8.64. The van der Waals surface area contributed by atoms with Gasteiger partial charge in [0.1, 0.15) is 24.2 Å². The minimum atomic E-state index is -0.889. The summed E-state index contributed by atoms with van der Waals surface area (Å²) >= 11 is 0. The average Bonchev–Trinajstić information content (AvgIpc) is 3.01. The molecule has 1 spiro atoms. The molecule has 2 saturated heterocycles. The molecule has 43 heavy (non-hydrogen) atoms. The van der Waals surface area contributed by atoms with Crippen LogP contribution in [0.15, 0.2) is 36.5 Å². The van der Waals surface area contributed by atoms with E-state index in [-0.39, 0.29) is 17.7 Å². The quantitative estimate of drug-likeness (QED) is 0.431. The van der Waals surface area contributed by atoms with E-state index < -0.39 is 41.5 Å². The number of amides is 3. The van der Waals surface area contributed by atoms with Crippen LogP contribution in [0.4, 0.5) is 0 Å². The third-order valence-corrected chi connectivity index (χ3v) is 8.64. The fourth-order valence-electron chi connectivity index (χ4n) is 5.83. The Balaban J connectivity index is 1.53. The molecule has 1 aromatic carbocycles. The molecule has 5 bridgehead atoms. The van der Waals surface area contributed by atoms with Gasteiger partial charge in [-0.05, 0) is 74.6 Å². The van der Waals surface area contributed by atoms with Crippen LogP contribution in [0.2, 0.25) is 0 Å². The maximum absolute atomic E-state index is 13.9. The molecule has 3 N–H and O–H groups in total. The molecule has 0 radical (unpaired) electrons. The lowest BCUT2D eigenvalue weighted by Gasteiger charge is -2.36. The predicted molar refractivity (Wildman–Crippen MR) is 160 cm³/mol.